The Hall–Kier alpha value is -2.21. The van der Waals surface area contributed by atoms with Crippen LogP contribution in [0, 0.1) is 6.92 Å². The van der Waals surface area contributed by atoms with Gasteiger partial charge in [-0.3, -0.25) is 9.67 Å². The normalized spacial score (nSPS) is 17.9. The van der Waals surface area contributed by atoms with Gasteiger partial charge in [0.1, 0.15) is 6.10 Å². The lowest BCUT2D eigenvalue weighted by atomic mass is 10.0. The summed E-state index contributed by atoms with van der Waals surface area (Å²) in [6.07, 6.45) is 5.80. The molecular formula is C17H20N4O2. The number of rotatable bonds is 3. The van der Waals surface area contributed by atoms with E-state index in [9.17, 15) is 0 Å². The minimum atomic E-state index is 0.166. The van der Waals surface area contributed by atoms with Crippen LogP contribution in [-0.4, -0.2) is 39.8 Å². The number of fused-ring (bicyclic) bond motifs is 1. The van der Waals surface area contributed by atoms with E-state index in [4.69, 9.17) is 14.5 Å². The quantitative estimate of drug-likeness (QED) is 0.870. The van der Waals surface area contributed by atoms with Gasteiger partial charge in [-0.1, -0.05) is 0 Å². The summed E-state index contributed by atoms with van der Waals surface area (Å²) >= 11 is 0. The molecule has 4 rings (SSSR count). The molecule has 0 atom stereocenters. The molecule has 0 amide bonds. The van der Waals surface area contributed by atoms with Gasteiger partial charge in [-0.25, -0.2) is 4.98 Å². The summed E-state index contributed by atoms with van der Waals surface area (Å²) in [6, 6.07) is 2.02. The van der Waals surface area contributed by atoms with Gasteiger partial charge < -0.3 is 9.47 Å². The molecule has 2 aromatic rings. The van der Waals surface area contributed by atoms with Crippen molar-refractivity contribution in [3.63, 3.8) is 0 Å². The Balaban J connectivity index is 1.70. The third-order valence-electron chi connectivity index (χ3n) is 4.36. The number of ether oxygens (including phenoxy) is 2. The summed E-state index contributed by atoms with van der Waals surface area (Å²) < 4.78 is 13.4. The first-order chi connectivity index (χ1) is 11.2. The van der Waals surface area contributed by atoms with Gasteiger partial charge in [0, 0.05) is 37.8 Å². The molecule has 2 aliphatic rings. The summed E-state index contributed by atoms with van der Waals surface area (Å²) in [5.41, 5.74) is 5.16. The van der Waals surface area contributed by atoms with Crippen molar-refractivity contribution in [1.82, 2.24) is 14.8 Å². The maximum atomic E-state index is 6.20. The van der Waals surface area contributed by atoms with E-state index in [1.54, 1.807) is 0 Å². The molecular weight excluding hydrogens is 292 g/mol. The minimum absolute atomic E-state index is 0.166. The number of aliphatic imine (C=N–C) groups is 1. The molecule has 120 valence electrons. The topological polar surface area (TPSA) is 61.5 Å². The number of hydrogen-bond donors (Lipinski definition) is 0. The van der Waals surface area contributed by atoms with Crippen molar-refractivity contribution in [3.8, 4) is 5.88 Å². The maximum Gasteiger partial charge on any atom is 0.223 e. The second-order valence-corrected chi connectivity index (χ2v) is 6.05. The molecule has 0 aliphatic carbocycles. The molecule has 4 heterocycles. The highest BCUT2D eigenvalue weighted by atomic mass is 16.5. The monoisotopic (exact) mass is 312 g/mol. The molecule has 2 aromatic heterocycles. The predicted octanol–water partition coefficient (Wildman–Crippen LogP) is 2.03. The van der Waals surface area contributed by atoms with Crippen molar-refractivity contribution < 1.29 is 9.47 Å². The van der Waals surface area contributed by atoms with Gasteiger partial charge >= 0.3 is 0 Å². The summed E-state index contributed by atoms with van der Waals surface area (Å²) in [7, 11) is 1.93. The highest BCUT2D eigenvalue weighted by Crippen LogP contribution is 2.31. The first-order valence-corrected chi connectivity index (χ1v) is 8.00. The molecule has 6 nitrogen and oxygen atoms in total. The number of hydrogen-bond acceptors (Lipinski definition) is 5. The molecule has 0 spiro atoms. The zero-order valence-corrected chi connectivity index (χ0v) is 13.5. The van der Waals surface area contributed by atoms with Crippen molar-refractivity contribution >= 4 is 5.71 Å². The van der Waals surface area contributed by atoms with Crippen LogP contribution in [0.15, 0.2) is 23.5 Å². The van der Waals surface area contributed by atoms with Gasteiger partial charge in [0.2, 0.25) is 5.88 Å². The summed E-state index contributed by atoms with van der Waals surface area (Å²) in [4.78, 5) is 9.21. The Morgan fingerprint density at radius 1 is 1.30 bits per heavy atom. The molecule has 0 N–H and O–H groups in total. The summed E-state index contributed by atoms with van der Waals surface area (Å²) in [6.45, 7) is 4.18. The van der Waals surface area contributed by atoms with Gasteiger partial charge in [-0.05, 0) is 18.6 Å². The Morgan fingerprint density at radius 3 is 2.87 bits per heavy atom. The van der Waals surface area contributed by atoms with E-state index in [-0.39, 0.29) is 6.10 Å². The Kier molecular flexibility index (Phi) is 3.61. The molecule has 2 aliphatic heterocycles. The van der Waals surface area contributed by atoms with E-state index < -0.39 is 0 Å². The molecule has 0 radical (unpaired) electrons. The number of aryl methyl sites for hydroxylation is 2. The van der Waals surface area contributed by atoms with E-state index in [1.165, 1.54) is 5.56 Å². The average Bonchev–Trinajstić information content (AvgIpc) is 3.12. The minimum Gasteiger partial charge on any atom is -0.474 e. The van der Waals surface area contributed by atoms with Gasteiger partial charge in [0.05, 0.1) is 36.7 Å². The van der Waals surface area contributed by atoms with Gasteiger partial charge in [0.15, 0.2) is 0 Å². The second kappa shape index (κ2) is 5.77. The van der Waals surface area contributed by atoms with Crippen LogP contribution in [0.3, 0.4) is 0 Å². The van der Waals surface area contributed by atoms with Gasteiger partial charge in [-0.2, -0.15) is 5.10 Å². The van der Waals surface area contributed by atoms with E-state index in [2.05, 4.69) is 10.1 Å². The van der Waals surface area contributed by atoms with Crippen molar-refractivity contribution in [2.45, 2.75) is 32.4 Å². The molecule has 0 aromatic carbocycles. The average molecular weight is 312 g/mol. The van der Waals surface area contributed by atoms with Gasteiger partial charge in [0.25, 0.3) is 0 Å². The Morgan fingerprint density at radius 2 is 2.13 bits per heavy atom. The fraction of sp³-hybridized carbons (Fsp3) is 0.471. The molecule has 0 saturated carbocycles. The van der Waals surface area contributed by atoms with Crippen molar-refractivity contribution in [3.05, 3.63) is 40.8 Å². The van der Waals surface area contributed by atoms with E-state index in [0.29, 0.717) is 12.4 Å². The highest BCUT2D eigenvalue weighted by molar-refractivity contribution is 6.16. The lowest BCUT2D eigenvalue weighted by Crippen LogP contribution is -2.27. The molecule has 1 saturated heterocycles. The third kappa shape index (κ3) is 2.63. The molecule has 1 fully saturated rings. The van der Waals surface area contributed by atoms with Crippen LogP contribution in [0.5, 0.6) is 5.88 Å². The lowest BCUT2D eigenvalue weighted by molar-refractivity contribution is 0.0236. The molecule has 23 heavy (non-hydrogen) atoms. The first-order valence-electron chi connectivity index (χ1n) is 8.00. The lowest BCUT2D eigenvalue weighted by Gasteiger charge is -2.23. The Labute approximate surface area is 135 Å². The van der Waals surface area contributed by atoms with Gasteiger partial charge in [-0.15, -0.1) is 0 Å². The van der Waals surface area contributed by atoms with E-state index in [0.717, 1.165) is 48.6 Å². The largest absolute Gasteiger partial charge is 0.474 e. The van der Waals surface area contributed by atoms with Crippen LogP contribution in [0.1, 0.15) is 35.2 Å². The summed E-state index contributed by atoms with van der Waals surface area (Å²) in [5.74, 6) is 0.689. The second-order valence-electron chi connectivity index (χ2n) is 6.05. The zero-order valence-electron chi connectivity index (χ0n) is 13.5. The molecule has 0 unspecified atom stereocenters. The number of pyridine rings is 1. The smallest absolute Gasteiger partial charge is 0.223 e. The first kappa shape index (κ1) is 14.4. The van der Waals surface area contributed by atoms with E-state index in [1.807, 2.05) is 37.1 Å². The van der Waals surface area contributed by atoms with Crippen molar-refractivity contribution in [2.75, 3.05) is 13.2 Å². The van der Waals surface area contributed by atoms with Crippen LogP contribution < -0.4 is 4.74 Å². The van der Waals surface area contributed by atoms with Crippen LogP contribution >= 0.6 is 0 Å². The van der Waals surface area contributed by atoms with Crippen LogP contribution in [0.25, 0.3) is 0 Å². The number of aromatic nitrogens is 3. The van der Waals surface area contributed by atoms with Crippen molar-refractivity contribution in [1.29, 1.82) is 0 Å². The molecule has 0 bridgehead atoms. The fourth-order valence-corrected chi connectivity index (χ4v) is 3.20. The van der Waals surface area contributed by atoms with Crippen LogP contribution in [-0.2, 0) is 18.3 Å². The SMILES string of the molecule is Cc1nn(C)cc1C1=NCc2ccnc(OC3CCOCC3)c21. The standard InChI is InChI=1S/C17H20N4O2/c1-11-14(10-21(2)20-11)16-15-12(9-19-16)3-6-18-17(15)23-13-4-7-22-8-5-13/h3,6,10,13H,4-5,7-9H2,1-2H3. The fourth-order valence-electron chi connectivity index (χ4n) is 3.20. The zero-order chi connectivity index (χ0) is 15.8. The van der Waals surface area contributed by atoms with Crippen molar-refractivity contribution in [2.24, 2.45) is 12.0 Å². The predicted molar refractivity (Wildman–Crippen MR) is 86.0 cm³/mol. The molecule has 6 heteroatoms. The van der Waals surface area contributed by atoms with E-state index >= 15 is 0 Å². The van der Waals surface area contributed by atoms with Crippen LogP contribution in [0.2, 0.25) is 0 Å². The number of nitrogens with zero attached hydrogens (tertiary/aromatic N) is 4. The maximum absolute atomic E-state index is 6.20. The third-order valence-corrected chi connectivity index (χ3v) is 4.36. The highest BCUT2D eigenvalue weighted by Gasteiger charge is 2.27. The van der Waals surface area contributed by atoms with Crippen LogP contribution in [0.4, 0.5) is 0 Å². The Bertz CT molecular complexity index is 760. The summed E-state index contributed by atoms with van der Waals surface area (Å²) in [5, 5.41) is 4.43.